The maximum Gasteiger partial charge on any atom is 0.239 e. The zero-order chi connectivity index (χ0) is 25.1. The van der Waals surface area contributed by atoms with Gasteiger partial charge in [-0.1, -0.05) is 24.3 Å². The third-order valence-corrected chi connectivity index (χ3v) is 7.41. The first-order valence-corrected chi connectivity index (χ1v) is 13.1. The molecule has 1 atom stereocenters. The van der Waals surface area contributed by atoms with Crippen molar-refractivity contribution >= 4 is 11.7 Å². The molecule has 0 bridgehead atoms. The molecule has 36 heavy (non-hydrogen) atoms. The predicted octanol–water partition coefficient (Wildman–Crippen LogP) is 4.20. The molecule has 3 aromatic rings. The monoisotopic (exact) mass is 487 g/mol. The van der Waals surface area contributed by atoms with Gasteiger partial charge in [0.05, 0.1) is 24.0 Å². The summed E-state index contributed by atoms with van der Waals surface area (Å²) in [5.41, 5.74) is 6.54. The number of hydrogen-bond donors (Lipinski definition) is 1. The van der Waals surface area contributed by atoms with Crippen LogP contribution < -0.4 is 5.32 Å². The Hall–Kier alpha value is -3.00. The number of amides is 1. The molecule has 0 spiro atoms. The number of aromatic nitrogens is 2. The minimum Gasteiger partial charge on any atom is -0.377 e. The molecule has 7 nitrogen and oxygen atoms in total. The summed E-state index contributed by atoms with van der Waals surface area (Å²) in [4.78, 5) is 17.8. The number of ether oxygens (including phenoxy) is 1. The smallest absolute Gasteiger partial charge is 0.239 e. The lowest BCUT2D eigenvalue weighted by Crippen LogP contribution is -2.50. The first-order valence-electron chi connectivity index (χ1n) is 13.1. The van der Waals surface area contributed by atoms with Crippen LogP contribution in [0.15, 0.2) is 48.5 Å². The van der Waals surface area contributed by atoms with E-state index in [-0.39, 0.29) is 5.91 Å². The molecule has 2 aliphatic rings. The van der Waals surface area contributed by atoms with E-state index in [0.717, 1.165) is 56.3 Å². The summed E-state index contributed by atoms with van der Waals surface area (Å²) >= 11 is 0. The van der Waals surface area contributed by atoms with Crippen LogP contribution >= 0.6 is 0 Å². The van der Waals surface area contributed by atoms with Gasteiger partial charge in [-0.05, 0) is 68.5 Å². The molecule has 0 unspecified atom stereocenters. The molecule has 0 saturated carbocycles. The van der Waals surface area contributed by atoms with Crippen molar-refractivity contribution in [2.45, 2.75) is 39.7 Å². The van der Waals surface area contributed by atoms with Crippen LogP contribution in [0.4, 0.5) is 5.82 Å². The number of rotatable bonds is 7. The number of carbonyl (C=O) groups excluding carboxylic acids is 1. The lowest BCUT2D eigenvalue weighted by molar-refractivity contribution is -0.117. The second-order valence-corrected chi connectivity index (χ2v) is 10.2. The number of nitrogens with one attached hydrogen (secondary N) is 1. The Kier molecular flexibility index (Phi) is 7.51. The standard InChI is InChI=1S/C29H37N5O2/c1-21-16-23(3)26(17-22(21)2)27-18-28(34(31-27)24-8-5-4-6-9-24)30-29(35)20-33-13-11-32(12-14-33)19-25-10-7-15-36-25/h4-6,8-9,16-18,25H,7,10-15,19-20H2,1-3H3,(H,30,35)/t25-/m0/s1. The van der Waals surface area contributed by atoms with Gasteiger partial charge in [-0.15, -0.1) is 0 Å². The topological polar surface area (TPSA) is 62.6 Å². The van der Waals surface area contributed by atoms with E-state index in [2.05, 4.69) is 48.0 Å². The summed E-state index contributed by atoms with van der Waals surface area (Å²) in [6, 6.07) is 16.3. The number of aryl methyl sites for hydroxylation is 3. The number of para-hydroxylation sites is 1. The fourth-order valence-corrected chi connectivity index (χ4v) is 5.20. The van der Waals surface area contributed by atoms with Gasteiger partial charge >= 0.3 is 0 Å². The number of carbonyl (C=O) groups is 1. The number of hydrogen-bond acceptors (Lipinski definition) is 5. The van der Waals surface area contributed by atoms with Crippen LogP contribution in [0, 0.1) is 20.8 Å². The normalized spacial score (nSPS) is 19.0. The van der Waals surface area contributed by atoms with Crippen molar-refractivity contribution in [2.75, 3.05) is 51.2 Å². The Morgan fingerprint density at radius 2 is 1.69 bits per heavy atom. The summed E-state index contributed by atoms with van der Waals surface area (Å²) in [7, 11) is 0. The number of benzene rings is 2. The Balaban J connectivity index is 1.28. The fraction of sp³-hybridized carbons (Fsp3) is 0.448. The minimum atomic E-state index is -0.0111. The quantitative estimate of drug-likeness (QED) is 0.541. The second-order valence-electron chi connectivity index (χ2n) is 10.2. The highest BCUT2D eigenvalue weighted by Gasteiger charge is 2.24. The van der Waals surface area contributed by atoms with E-state index < -0.39 is 0 Å². The van der Waals surface area contributed by atoms with Gasteiger partial charge in [0.15, 0.2) is 0 Å². The average Bonchev–Trinajstić information content (AvgIpc) is 3.53. The van der Waals surface area contributed by atoms with Crippen LogP contribution in [0.1, 0.15) is 29.5 Å². The Bertz CT molecular complexity index is 1190. The zero-order valence-electron chi connectivity index (χ0n) is 21.7. The van der Waals surface area contributed by atoms with E-state index in [4.69, 9.17) is 9.84 Å². The highest BCUT2D eigenvalue weighted by atomic mass is 16.5. The van der Waals surface area contributed by atoms with Gasteiger partial charge < -0.3 is 10.1 Å². The molecule has 1 aromatic heterocycles. The van der Waals surface area contributed by atoms with Crippen molar-refractivity contribution in [1.29, 1.82) is 0 Å². The van der Waals surface area contributed by atoms with Gasteiger partial charge in [0.2, 0.25) is 5.91 Å². The molecule has 1 amide bonds. The van der Waals surface area contributed by atoms with E-state index in [1.807, 2.05) is 41.1 Å². The van der Waals surface area contributed by atoms with Gasteiger partial charge in [-0.25, -0.2) is 4.68 Å². The summed E-state index contributed by atoms with van der Waals surface area (Å²) in [6.07, 6.45) is 2.73. The third kappa shape index (κ3) is 5.69. The molecular weight excluding hydrogens is 450 g/mol. The molecular formula is C29H37N5O2. The first-order chi connectivity index (χ1) is 17.5. The molecule has 190 valence electrons. The number of nitrogens with zero attached hydrogens (tertiary/aromatic N) is 4. The van der Waals surface area contributed by atoms with Crippen LogP contribution in [0.3, 0.4) is 0 Å². The van der Waals surface area contributed by atoms with E-state index in [0.29, 0.717) is 18.5 Å². The Morgan fingerprint density at radius 1 is 0.972 bits per heavy atom. The van der Waals surface area contributed by atoms with Crippen molar-refractivity contribution in [1.82, 2.24) is 19.6 Å². The number of piperazine rings is 1. The highest BCUT2D eigenvalue weighted by Crippen LogP contribution is 2.29. The first kappa shape index (κ1) is 24.7. The van der Waals surface area contributed by atoms with Crippen LogP contribution in [-0.4, -0.2) is 77.5 Å². The third-order valence-electron chi connectivity index (χ3n) is 7.41. The lowest BCUT2D eigenvalue weighted by Gasteiger charge is -2.35. The fourth-order valence-electron chi connectivity index (χ4n) is 5.20. The van der Waals surface area contributed by atoms with Gasteiger partial charge in [0, 0.05) is 51.0 Å². The van der Waals surface area contributed by atoms with E-state index in [9.17, 15) is 4.79 Å². The largest absolute Gasteiger partial charge is 0.377 e. The molecule has 2 aliphatic heterocycles. The molecule has 2 saturated heterocycles. The molecule has 5 rings (SSSR count). The SMILES string of the molecule is Cc1cc(C)c(-c2cc(NC(=O)CN3CCN(C[C@@H]4CCCO4)CC3)n(-c3ccccc3)n2)cc1C. The zero-order valence-corrected chi connectivity index (χ0v) is 21.7. The molecule has 0 aliphatic carbocycles. The maximum atomic E-state index is 13.1. The molecule has 1 N–H and O–H groups in total. The van der Waals surface area contributed by atoms with E-state index >= 15 is 0 Å². The van der Waals surface area contributed by atoms with E-state index in [1.165, 1.54) is 29.5 Å². The number of anilines is 1. The van der Waals surface area contributed by atoms with Gasteiger partial charge in [-0.3, -0.25) is 14.6 Å². The van der Waals surface area contributed by atoms with Crippen molar-refractivity contribution in [3.05, 3.63) is 65.2 Å². The molecule has 0 radical (unpaired) electrons. The van der Waals surface area contributed by atoms with E-state index in [1.54, 1.807) is 0 Å². The highest BCUT2D eigenvalue weighted by molar-refractivity contribution is 5.92. The molecule has 2 aromatic carbocycles. The summed E-state index contributed by atoms with van der Waals surface area (Å²) in [5, 5.41) is 8.06. The van der Waals surface area contributed by atoms with Crippen LogP contribution in [0.25, 0.3) is 16.9 Å². The minimum absolute atomic E-state index is 0.0111. The molecule has 7 heteroatoms. The van der Waals surface area contributed by atoms with Crippen LogP contribution in [-0.2, 0) is 9.53 Å². The average molecular weight is 488 g/mol. The lowest BCUT2D eigenvalue weighted by atomic mass is 9.99. The van der Waals surface area contributed by atoms with Crippen molar-refractivity contribution in [3.63, 3.8) is 0 Å². The van der Waals surface area contributed by atoms with Crippen molar-refractivity contribution in [2.24, 2.45) is 0 Å². The van der Waals surface area contributed by atoms with Crippen molar-refractivity contribution < 1.29 is 9.53 Å². The van der Waals surface area contributed by atoms with Crippen LogP contribution in [0.5, 0.6) is 0 Å². The van der Waals surface area contributed by atoms with Gasteiger partial charge in [0.1, 0.15) is 5.82 Å². The van der Waals surface area contributed by atoms with Gasteiger partial charge in [0.25, 0.3) is 0 Å². The van der Waals surface area contributed by atoms with Crippen LogP contribution in [0.2, 0.25) is 0 Å². The Labute approximate surface area is 214 Å². The predicted molar refractivity (Wildman–Crippen MR) is 144 cm³/mol. The summed E-state index contributed by atoms with van der Waals surface area (Å²) < 4.78 is 7.62. The summed E-state index contributed by atoms with van der Waals surface area (Å²) in [6.45, 7) is 12.4. The summed E-state index contributed by atoms with van der Waals surface area (Å²) in [5.74, 6) is 0.680. The Morgan fingerprint density at radius 3 is 2.42 bits per heavy atom. The van der Waals surface area contributed by atoms with Crippen molar-refractivity contribution in [3.8, 4) is 16.9 Å². The molecule has 3 heterocycles. The second kappa shape index (κ2) is 10.9. The maximum absolute atomic E-state index is 13.1. The van der Waals surface area contributed by atoms with Gasteiger partial charge in [-0.2, -0.15) is 5.10 Å². The molecule has 2 fully saturated rings.